The van der Waals surface area contributed by atoms with Gasteiger partial charge in [0.05, 0.1) is 5.69 Å². The summed E-state index contributed by atoms with van der Waals surface area (Å²) in [5.41, 5.74) is 6.29. The maximum absolute atomic E-state index is 12.0. The molecule has 1 fully saturated rings. The van der Waals surface area contributed by atoms with Crippen molar-refractivity contribution in [3.63, 3.8) is 0 Å². The Morgan fingerprint density at radius 2 is 2.21 bits per heavy atom. The molecule has 0 aromatic carbocycles. The summed E-state index contributed by atoms with van der Waals surface area (Å²) in [6.45, 7) is 2.83. The summed E-state index contributed by atoms with van der Waals surface area (Å²) in [5, 5.41) is 3.17. The Bertz CT molecular complexity index is 458. The lowest BCUT2D eigenvalue weighted by molar-refractivity contribution is 0.0935. The van der Waals surface area contributed by atoms with E-state index in [0.29, 0.717) is 18.2 Å². The third kappa shape index (κ3) is 3.81. The second kappa shape index (κ2) is 6.21. The fourth-order valence-electron chi connectivity index (χ4n) is 2.21. The highest BCUT2D eigenvalue weighted by atomic mass is 35.5. The standard InChI is InChI=1S/C13H19ClN4O/c1-18-6-4-9(5-7-18)8-16-13(19)12-10(15)2-3-11(14)17-12/h2-3,9H,4-8,15H2,1H3,(H,16,19). The van der Waals surface area contributed by atoms with Crippen molar-refractivity contribution in [1.29, 1.82) is 0 Å². The van der Waals surface area contributed by atoms with Gasteiger partial charge in [-0.15, -0.1) is 0 Å². The van der Waals surface area contributed by atoms with Crippen molar-refractivity contribution in [2.75, 3.05) is 32.4 Å². The van der Waals surface area contributed by atoms with Gasteiger partial charge in [-0.3, -0.25) is 4.79 Å². The number of rotatable bonds is 3. The molecule has 0 unspecified atom stereocenters. The van der Waals surface area contributed by atoms with Crippen molar-refractivity contribution >= 4 is 23.2 Å². The number of pyridine rings is 1. The van der Waals surface area contributed by atoms with Gasteiger partial charge in [0.2, 0.25) is 0 Å². The molecule has 1 amide bonds. The van der Waals surface area contributed by atoms with Crippen LogP contribution in [0, 0.1) is 5.92 Å². The quantitative estimate of drug-likeness (QED) is 0.822. The van der Waals surface area contributed by atoms with E-state index >= 15 is 0 Å². The third-order valence-electron chi connectivity index (χ3n) is 3.50. The van der Waals surface area contributed by atoms with Gasteiger partial charge in [-0.25, -0.2) is 4.98 Å². The Morgan fingerprint density at radius 3 is 2.89 bits per heavy atom. The normalized spacial score (nSPS) is 17.4. The number of amides is 1. The first kappa shape index (κ1) is 14.1. The molecule has 1 aliphatic rings. The van der Waals surface area contributed by atoms with Crippen molar-refractivity contribution in [2.24, 2.45) is 5.92 Å². The zero-order valence-electron chi connectivity index (χ0n) is 11.0. The number of nitrogens with two attached hydrogens (primary N) is 1. The number of nitrogens with one attached hydrogen (secondary N) is 1. The van der Waals surface area contributed by atoms with Crippen LogP contribution >= 0.6 is 11.6 Å². The predicted octanol–water partition coefficient (Wildman–Crippen LogP) is 1.39. The summed E-state index contributed by atoms with van der Waals surface area (Å²) in [7, 11) is 2.12. The lowest BCUT2D eigenvalue weighted by atomic mass is 9.97. The highest BCUT2D eigenvalue weighted by molar-refractivity contribution is 6.29. The van der Waals surface area contributed by atoms with E-state index in [0.717, 1.165) is 25.9 Å². The number of hydrogen-bond donors (Lipinski definition) is 2. The number of likely N-dealkylation sites (tertiary alicyclic amines) is 1. The van der Waals surface area contributed by atoms with Gasteiger partial charge in [-0.05, 0) is 51.0 Å². The fourth-order valence-corrected chi connectivity index (χ4v) is 2.36. The van der Waals surface area contributed by atoms with Crippen LogP contribution in [0.25, 0.3) is 0 Å². The zero-order chi connectivity index (χ0) is 13.8. The van der Waals surface area contributed by atoms with Crippen LogP contribution in [0.2, 0.25) is 5.15 Å². The molecule has 1 aromatic rings. The molecule has 1 aromatic heterocycles. The van der Waals surface area contributed by atoms with Crippen LogP contribution in [0.4, 0.5) is 5.69 Å². The van der Waals surface area contributed by atoms with Crippen LogP contribution in [-0.4, -0.2) is 42.5 Å². The van der Waals surface area contributed by atoms with Crippen LogP contribution in [-0.2, 0) is 0 Å². The number of carbonyl (C=O) groups is 1. The minimum absolute atomic E-state index is 0.209. The Morgan fingerprint density at radius 1 is 1.53 bits per heavy atom. The number of hydrogen-bond acceptors (Lipinski definition) is 4. The molecule has 2 heterocycles. The first-order valence-electron chi connectivity index (χ1n) is 6.45. The van der Waals surface area contributed by atoms with Crippen molar-refractivity contribution in [3.05, 3.63) is 23.0 Å². The van der Waals surface area contributed by atoms with Gasteiger partial charge in [0.25, 0.3) is 5.91 Å². The van der Waals surface area contributed by atoms with Crippen molar-refractivity contribution in [3.8, 4) is 0 Å². The molecule has 0 radical (unpaired) electrons. The monoisotopic (exact) mass is 282 g/mol. The molecule has 2 rings (SSSR count). The number of anilines is 1. The largest absolute Gasteiger partial charge is 0.397 e. The minimum Gasteiger partial charge on any atom is -0.397 e. The smallest absolute Gasteiger partial charge is 0.272 e. The number of nitrogen functional groups attached to an aromatic ring is 1. The summed E-state index contributed by atoms with van der Waals surface area (Å²) in [6, 6.07) is 3.17. The lowest BCUT2D eigenvalue weighted by Gasteiger charge is -2.28. The zero-order valence-corrected chi connectivity index (χ0v) is 11.8. The number of halogens is 1. The van der Waals surface area contributed by atoms with Crippen LogP contribution in [0.1, 0.15) is 23.3 Å². The molecular weight excluding hydrogens is 264 g/mol. The molecular formula is C13H19ClN4O. The van der Waals surface area contributed by atoms with Gasteiger partial charge in [0.1, 0.15) is 5.15 Å². The summed E-state index contributed by atoms with van der Waals surface area (Å²) < 4.78 is 0. The van der Waals surface area contributed by atoms with Crippen molar-refractivity contribution in [2.45, 2.75) is 12.8 Å². The Balaban J connectivity index is 1.89. The summed E-state index contributed by atoms with van der Waals surface area (Å²) in [5.74, 6) is 0.277. The second-order valence-electron chi connectivity index (χ2n) is 5.03. The Labute approximate surface area is 118 Å². The van der Waals surface area contributed by atoms with Crippen LogP contribution in [0.5, 0.6) is 0 Å². The first-order valence-corrected chi connectivity index (χ1v) is 6.83. The Hall–Kier alpha value is -1.33. The van der Waals surface area contributed by atoms with E-state index < -0.39 is 0 Å². The third-order valence-corrected chi connectivity index (χ3v) is 3.71. The SMILES string of the molecule is CN1CCC(CNC(=O)c2nc(Cl)ccc2N)CC1. The average Bonchev–Trinajstić information content (AvgIpc) is 2.40. The van der Waals surface area contributed by atoms with Crippen LogP contribution in [0.3, 0.4) is 0 Å². The van der Waals surface area contributed by atoms with E-state index in [9.17, 15) is 4.79 Å². The lowest BCUT2D eigenvalue weighted by Crippen LogP contribution is -2.37. The highest BCUT2D eigenvalue weighted by Gasteiger charge is 2.18. The van der Waals surface area contributed by atoms with E-state index in [1.54, 1.807) is 12.1 Å². The highest BCUT2D eigenvalue weighted by Crippen LogP contribution is 2.16. The van der Waals surface area contributed by atoms with Crippen LogP contribution < -0.4 is 11.1 Å². The Kier molecular flexibility index (Phi) is 4.61. The molecule has 5 nitrogen and oxygen atoms in total. The van der Waals surface area contributed by atoms with Crippen molar-refractivity contribution < 1.29 is 4.79 Å². The van der Waals surface area contributed by atoms with Gasteiger partial charge < -0.3 is 16.0 Å². The topological polar surface area (TPSA) is 71.2 Å². The molecule has 0 aliphatic carbocycles. The summed E-state index contributed by atoms with van der Waals surface area (Å²) in [4.78, 5) is 18.3. The van der Waals surface area contributed by atoms with Gasteiger partial charge in [-0.1, -0.05) is 11.6 Å². The van der Waals surface area contributed by atoms with E-state index in [4.69, 9.17) is 17.3 Å². The van der Waals surface area contributed by atoms with Gasteiger partial charge in [0.15, 0.2) is 5.69 Å². The number of aromatic nitrogens is 1. The molecule has 0 bridgehead atoms. The van der Waals surface area contributed by atoms with Gasteiger partial charge >= 0.3 is 0 Å². The molecule has 0 atom stereocenters. The van der Waals surface area contributed by atoms with E-state index in [2.05, 4.69) is 22.2 Å². The summed E-state index contributed by atoms with van der Waals surface area (Å²) in [6.07, 6.45) is 2.21. The number of piperidine rings is 1. The van der Waals surface area contributed by atoms with E-state index in [-0.39, 0.29) is 16.8 Å². The molecule has 19 heavy (non-hydrogen) atoms. The molecule has 6 heteroatoms. The average molecular weight is 283 g/mol. The first-order chi connectivity index (χ1) is 9.06. The van der Waals surface area contributed by atoms with E-state index in [1.807, 2.05) is 0 Å². The molecule has 0 spiro atoms. The molecule has 1 aliphatic heterocycles. The number of nitrogens with zero attached hydrogens (tertiary/aromatic N) is 2. The van der Waals surface area contributed by atoms with Gasteiger partial charge in [0, 0.05) is 6.54 Å². The van der Waals surface area contributed by atoms with Crippen LogP contribution in [0.15, 0.2) is 12.1 Å². The molecule has 1 saturated heterocycles. The summed E-state index contributed by atoms with van der Waals surface area (Å²) >= 11 is 5.77. The molecule has 104 valence electrons. The maximum atomic E-state index is 12.0. The van der Waals surface area contributed by atoms with Gasteiger partial charge in [-0.2, -0.15) is 0 Å². The second-order valence-corrected chi connectivity index (χ2v) is 5.42. The minimum atomic E-state index is -0.251. The number of carbonyl (C=O) groups excluding carboxylic acids is 1. The fraction of sp³-hybridized carbons (Fsp3) is 0.538. The maximum Gasteiger partial charge on any atom is 0.272 e. The predicted molar refractivity (Wildman–Crippen MR) is 76.2 cm³/mol. The molecule has 0 saturated carbocycles. The molecule has 3 N–H and O–H groups in total. The van der Waals surface area contributed by atoms with Crippen molar-refractivity contribution in [1.82, 2.24) is 15.2 Å². The van der Waals surface area contributed by atoms with E-state index in [1.165, 1.54) is 0 Å².